The minimum Gasteiger partial charge on any atom is -0.508 e. The Balaban J connectivity index is 2.28. The van der Waals surface area contributed by atoms with E-state index in [-0.39, 0.29) is 11.7 Å². The fraction of sp³-hybridized carbons (Fsp3) is 0.0714. The van der Waals surface area contributed by atoms with E-state index in [9.17, 15) is 9.90 Å². The summed E-state index contributed by atoms with van der Waals surface area (Å²) in [5.41, 5.74) is 8.02. The molecule has 4 N–H and O–H groups in total. The summed E-state index contributed by atoms with van der Waals surface area (Å²) in [5.74, 6) is -0.120. The largest absolute Gasteiger partial charge is 0.508 e. The molecule has 2 aromatic carbocycles. The highest BCUT2D eigenvalue weighted by Crippen LogP contribution is 2.23. The molecule has 0 saturated heterocycles. The second-order valence-corrected chi connectivity index (χ2v) is 5.10. The summed E-state index contributed by atoms with van der Waals surface area (Å²) >= 11 is 3.31. The molecule has 0 unspecified atom stereocenters. The molecule has 0 radical (unpaired) electrons. The molecule has 0 atom stereocenters. The van der Waals surface area contributed by atoms with Gasteiger partial charge in [-0.3, -0.25) is 4.79 Å². The van der Waals surface area contributed by atoms with E-state index in [0.29, 0.717) is 16.9 Å². The van der Waals surface area contributed by atoms with Crippen molar-refractivity contribution in [3.63, 3.8) is 0 Å². The fourth-order valence-corrected chi connectivity index (χ4v) is 2.06. The fourth-order valence-electron chi connectivity index (χ4n) is 1.70. The zero-order valence-corrected chi connectivity index (χ0v) is 11.9. The van der Waals surface area contributed by atoms with E-state index < -0.39 is 0 Å². The maximum Gasteiger partial charge on any atom is 0.257 e. The molecule has 0 heterocycles. The summed E-state index contributed by atoms with van der Waals surface area (Å²) < 4.78 is 0.786. The first-order valence-electron chi connectivity index (χ1n) is 5.63. The molecule has 0 aromatic heterocycles. The highest BCUT2D eigenvalue weighted by molar-refractivity contribution is 9.10. The molecule has 0 aliphatic carbocycles. The Kier molecular flexibility index (Phi) is 3.76. The number of amides is 1. The number of anilines is 2. The lowest BCUT2D eigenvalue weighted by Gasteiger charge is -2.10. The number of nitrogens with two attached hydrogens (primary N) is 1. The number of phenols is 1. The third-order valence-corrected chi connectivity index (χ3v) is 3.21. The summed E-state index contributed by atoms with van der Waals surface area (Å²) in [7, 11) is 0. The van der Waals surface area contributed by atoms with Crippen LogP contribution in [0.25, 0.3) is 0 Å². The molecule has 0 fully saturated rings. The first-order chi connectivity index (χ1) is 8.97. The Morgan fingerprint density at radius 3 is 2.68 bits per heavy atom. The van der Waals surface area contributed by atoms with Crippen LogP contribution in [0.2, 0.25) is 0 Å². The summed E-state index contributed by atoms with van der Waals surface area (Å²) in [4.78, 5) is 12.1. The molecule has 0 aliphatic rings. The molecular formula is C14H13BrN2O2. The first-order valence-corrected chi connectivity index (χ1v) is 6.42. The Morgan fingerprint density at radius 2 is 2.00 bits per heavy atom. The molecule has 2 rings (SSSR count). The Morgan fingerprint density at radius 1 is 1.26 bits per heavy atom. The molecule has 4 nitrogen and oxygen atoms in total. The van der Waals surface area contributed by atoms with Gasteiger partial charge in [-0.2, -0.15) is 0 Å². The van der Waals surface area contributed by atoms with Gasteiger partial charge in [-0.05, 0) is 48.9 Å². The van der Waals surface area contributed by atoms with Crippen molar-refractivity contribution in [3.05, 3.63) is 52.0 Å². The van der Waals surface area contributed by atoms with E-state index in [1.54, 1.807) is 37.3 Å². The summed E-state index contributed by atoms with van der Waals surface area (Å²) in [6, 6.07) is 9.87. The van der Waals surface area contributed by atoms with Crippen LogP contribution in [0.5, 0.6) is 5.75 Å². The van der Waals surface area contributed by atoms with Gasteiger partial charge in [0.2, 0.25) is 0 Å². The SMILES string of the molecule is Cc1cc(O)ccc1NC(=O)c1cc(Br)ccc1N. The molecule has 0 saturated carbocycles. The van der Waals surface area contributed by atoms with Gasteiger partial charge in [0, 0.05) is 15.8 Å². The van der Waals surface area contributed by atoms with Gasteiger partial charge in [0.15, 0.2) is 0 Å². The van der Waals surface area contributed by atoms with E-state index in [1.807, 2.05) is 0 Å². The molecular weight excluding hydrogens is 308 g/mol. The Labute approximate surface area is 119 Å². The third-order valence-electron chi connectivity index (χ3n) is 2.72. The number of nitrogens with one attached hydrogen (secondary N) is 1. The van der Waals surface area contributed by atoms with E-state index in [4.69, 9.17) is 5.73 Å². The van der Waals surface area contributed by atoms with Crippen molar-refractivity contribution in [2.45, 2.75) is 6.92 Å². The molecule has 19 heavy (non-hydrogen) atoms. The van der Waals surface area contributed by atoms with Gasteiger partial charge < -0.3 is 16.2 Å². The predicted molar refractivity (Wildman–Crippen MR) is 79.4 cm³/mol. The number of carbonyl (C=O) groups is 1. The van der Waals surface area contributed by atoms with Crippen LogP contribution in [0.1, 0.15) is 15.9 Å². The van der Waals surface area contributed by atoms with Crippen molar-refractivity contribution in [1.82, 2.24) is 0 Å². The monoisotopic (exact) mass is 320 g/mol. The number of aryl methyl sites for hydroxylation is 1. The van der Waals surface area contributed by atoms with E-state index in [1.165, 1.54) is 6.07 Å². The molecule has 0 bridgehead atoms. The zero-order valence-electron chi connectivity index (χ0n) is 10.3. The van der Waals surface area contributed by atoms with Gasteiger partial charge in [-0.1, -0.05) is 15.9 Å². The highest BCUT2D eigenvalue weighted by Gasteiger charge is 2.11. The van der Waals surface area contributed by atoms with Crippen LogP contribution < -0.4 is 11.1 Å². The Bertz CT molecular complexity index is 641. The van der Waals surface area contributed by atoms with Crippen LogP contribution in [0, 0.1) is 6.92 Å². The average Bonchev–Trinajstić information content (AvgIpc) is 2.35. The van der Waals surface area contributed by atoms with Gasteiger partial charge >= 0.3 is 0 Å². The number of halogens is 1. The lowest BCUT2D eigenvalue weighted by Crippen LogP contribution is -2.14. The minimum atomic E-state index is -0.285. The molecule has 1 amide bonds. The van der Waals surface area contributed by atoms with Gasteiger partial charge in [0.25, 0.3) is 5.91 Å². The van der Waals surface area contributed by atoms with Crippen molar-refractivity contribution in [3.8, 4) is 5.75 Å². The molecule has 0 spiro atoms. The zero-order chi connectivity index (χ0) is 14.0. The van der Waals surface area contributed by atoms with Crippen molar-refractivity contribution in [2.24, 2.45) is 0 Å². The lowest BCUT2D eigenvalue weighted by atomic mass is 10.1. The minimum absolute atomic E-state index is 0.164. The Hall–Kier alpha value is -2.01. The standard InChI is InChI=1S/C14H13BrN2O2/c1-8-6-10(18)3-5-13(8)17-14(19)11-7-9(15)2-4-12(11)16/h2-7,18H,16H2,1H3,(H,17,19). The average molecular weight is 321 g/mol. The maximum atomic E-state index is 12.1. The second kappa shape index (κ2) is 5.32. The summed E-state index contributed by atoms with van der Waals surface area (Å²) in [5, 5.41) is 12.1. The maximum absolute atomic E-state index is 12.1. The number of hydrogen-bond acceptors (Lipinski definition) is 3. The molecule has 0 aliphatic heterocycles. The van der Waals surface area contributed by atoms with E-state index in [2.05, 4.69) is 21.2 Å². The number of carbonyl (C=O) groups excluding carboxylic acids is 1. The number of phenolic OH excluding ortho intramolecular Hbond substituents is 1. The predicted octanol–water partition coefficient (Wildman–Crippen LogP) is 3.30. The van der Waals surface area contributed by atoms with E-state index >= 15 is 0 Å². The normalized spacial score (nSPS) is 10.2. The molecule has 2 aromatic rings. The van der Waals surface area contributed by atoms with Crippen LogP contribution in [0.3, 0.4) is 0 Å². The topological polar surface area (TPSA) is 75.3 Å². The van der Waals surface area contributed by atoms with Crippen LogP contribution in [-0.4, -0.2) is 11.0 Å². The number of hydrogen-bond donors (Lipinski definition) is 3. The number of aromatic hydroxyl groups is 1. The molecule has 98 valence electrons. The van der Waals surface area contributed by atoms with Crippen LogP contribution in [-0.2, 0) is 0 Å². The van der Waals surface area contributed by atoms with Gasteiger partial charge in [0.05, 0.1) is 5.56 Å². The van der Waals surface area contributed by atoms with Crippen molar-refractivity contribution in [1.29, 1.82) is 0 Å². The molecule has 5 heteroatoms. The number of rotatable bonds is 2. The highest BCUT2D eigenvalue weighted by atomic mass is 79.9. The second-order valence-electron chi connectivity index (χ2n) is 4.18. The van der Waals surface area contributed by atoms with Crippen molar-refractivity contribution in [2.75, 3.05) is 11.1 Å². The smallest absolute Gasteiger partial charge is 0.257 e. The third kappa shape index (κ3) is 3.06. The number of nitrogen functional groups attached to an aromatic ring is 1. The van der Waals surface area contributed by atoms with Gasteiger partial charge in [-0.25, -0.2) is 0 Å². The quantitative estimate of drug-likeness (QED) is 0.587. The van der Waals surface area contributed by atoms with Crippen LogP contribution in [0.15, 0.2) is 40.9 Å². The van der Waals surface area contributed by atoms with Crippen molar-refractivity contribution >= 4 is 33.2 Å². The lowest BCUT2D eigenvalue weighted by molar-refractivity contribution is 0.102. The van der Waals surface area contributed by atoms with Crippen molar-refractivity contribution < 1.29 is 9.90 Å². The van der Waals surface area contributed by atoms with Gasteiger partial charge in [0.1, 0.15) is 5.75 Å². The van der Waals surface area contributed by atoms with Crippen LogP contribution in [0.4, 0.5) is 11.4 Å². The van der Waals surface area contributed by atoms with E-state index in [0.717, 1.165) is 10.0 Å². The summed E-state index contributed by atoms with van der Waals surface area (Å²) in [6.07, 6.45) is 0. The van der Waals surface area contributed by atoms with Crippen LogP contribution >= 0.6 is 15.9 Å². The summed E-state index contributed by atoms with van der Waals surface area (Å²) in [6.45, 7) is 1.81. The number of benzene rings is 2. The first kappa shape index (κ1) is 13.4. The van der Waals surface area contributed by atoms with Gasteiger partial charge in [-0.15, -0.1) is 0 Å².